The summed E-state index contributed by atoms with van der Waals surface area (Å²) in [6.07, 6.45) is 0. The lowest BCUT2D eigenvalue weighted by atomic mass is 10.1. The van der Waals surface area contributed by atoms with Gasteiger partial charge in [-0.25, -0.2) is 0 Å². The second kappa shape index (κ2) is 3.36. The van der Waals surface area contributed by atoms with E-state index < -0.39 is 18.4 Å². The summed E-state index contributed by atoms with van der Waals surface area (Å²) >= 11 is 0. The molecule has 1 N–H and O–H groups in total. The Bertz CT molecular complexity index is 441. The first-order valence-corrected chi connectivity index (χ1v) is 4.34. The third-order valence-corrected chi connectivity index (χ3v) is 2.32. The van der Waals surface area contributed by atoms with Crippen LogP contribution < -0.4 is 9.64 Å². The van der Waals surface area contributed by atoms with Crippen molar-refractivity contribution in [3.8, 4) is 5.75 Å². The lowest BCUT2D eigenvalue weighted by molar-refractivity contribution is -0.114. The van der Waals surface area contributed by atoms with E-state index >= 15 is 0 Å². The van der Waals surface area contributed by atoms with Crippen molar-refractivity contribution in [1.29, 1.82) is 0 Å². The molecule has 0 saturated heterocycles. The molecule has 1 aromatic rings. The van der Waals surface area contributed by atoms with Crippen LogP contribution in [0.4, 0.5) is 5.69 Å². The fourth-order valence-electron chi connectivity index (χ4n) is 1.54. The maximum atomic E-state index is 11.4. The molecule has 78 valence electrons. The Morgan fingerprint density at radius 1 is 1.40 bits per heavy atom. The van der Waals surface area contributed by atoms with Crippen LogP contribution in [0.25, 0.3) is 0 Å². The van der Waals surface area contributed by atoms with Crippen LogP contribution in [0, 0.1) is 0 Å². The average molecular weight is 207 g/mol. The zero-order chi connectivity index (χ0) is 11.0. The molecule has 0 bridgehead atoms. The van der Waals surface area contributed by atoms with E-state index in [0.717, 1.165) is 4.90 Å². The van der Waals surface area contributed by atoms with Gasteiger partial charge in [0.2, 0.25) is 0 Å². The Morgan fingerprint density at radius 3 is 2.73 bits per heavy atom. The molecule has 15 heavy (non-hydrogen) atoms. The molecule has 0 unspecified atom stereocenters. The van der Waals surface area contributed by atoms with Gasteiger partial charge in [-0.1, -0.05) is 0 Å². The van der Waals surface area contributed by atoms with Crippen LogP contribution in [-0.2, 0) is 4.79 Å². The molecule has 0 atom stereocenters. The summed E-state index contributed by atoms with van der Waals surface area (Å²) in [7, 11) is 1.49. The first-order valence-electron chi connectivity index (χ1n) is 4.34. The molecule has 1 aromatic carbocycles. The molecule has 0 saturated carbocycles. The molecular weight excluding hydrogens is 198 g/mol. The number of anilines is 1. The summed E-state index contributed by atoms with van der Waals surface area (Å²) in [4.78, 5) is 23.8. The summed E-state index contributed by atoms with van der Waals surface area (Å²) in [5.41, 5.74) is 0.696. The third kappa shape index (κ3) is 1.28. The van der Waals surface area contributed by atoms with Gasteiger partial charge in [0.15, 0.2) is 0 Å². The number of carbonyl (C=O) groups excluding carboxylic acids is 2. The number of hydrogen-bond acceptors (Lipinski definition) is 4. The molecule has 5 heteroatoms. The second-order valence-electron chi connectivity index (χ2n) is 3.09. The van der Waals surface area contributed by atoms with Crippen LogP contribution in [0.5, 0.6) is 5.75 Å². The zero-order valence-corrected chi connectivity index (χ0v) is 8.06. The Labute approximate surface area is 85.9 Å². The summed E-state index contributed by atoms with van der Waals surface area (Å²) in [6, 6.07) is 4.67. The number of ketones is 1. The van der Waals surface area contributed by atoms with Gasteiger partial charge in [-0.3, -0.25) is 14.5 Å². The molecule has 2 rings (SSSR count). The van der Waals surface area contributed by atoms with Gasteiger partial charge in [0.05, 0.1) is 18.4 Å². The number of hydrogen-bond donors (Lipinski definition) is 1. The van der Waals surface area contributed by atoms with E-state index in [1.54, 1.807) is 12.1 Å². The number of amides is 1. The standard InChI is InChI=1S/C10H9NO4/c1-15-6-2-3-7-8(4-6)11(5-12)10(14)9(7)13/h2-4,12H,5H2,1H3. The van der Waals surface area contributed by atoms with E-state index in [4.69, 9.17) is 9.84 Å². The first kappa shape index (κ1) is 9.67. The minimum absolute atomic E-state index is 0.301. The third-order valence-electron chi connectivity index (χ3n) is 2.32. The van der Waals surface area contributed by atoms with Gasteiger partial charge in [0, 0.05) is 6.07 Å². The van der Waals surface area contributed by atoms with Crippen LogP contribution in [0.3, 0.4) is 0 Å². The zero-order valence-electron chi connectivity index (χ0n) is 8.06. The average Bonchev–Trinajstić information content (AvgIpc) is 2.51. The number of aliphatic hydroxyl groups excluding tert-OH is 1. The Hall–Kier alpha value is -1.88. The summed E-state index contributed by atoms with van der Waals surface area (Å²) < 4.78 is 4.97. The Balaban J connectivity index is 2.56. The normalized spacial score (nSPS) is 14.4. The molecule has 0 aromatic heterocycles. The van der Waals surface area contributed by atoms with Gasteiger partial charge in [0.25, 0.3) is 5.78 Å². The molecule has 1 heterocycles. The fourth-order valence-corrected chi connectivity index (χ4v) is 1.54. The van der Waals surface area contributed by atoms with Crippen molar-refractivity contribution >= 4 is 17.4 Å². The van der Waals surface area contributed by atoms with E-state index in [1.807, 2.05) is 0 Å². The van der Waals surface area contributed by atoms with Crippen LogP contribution in [0.15, 0.2) is 18.2 Å². The minimum atomic E-state index is -0.708. The van der Waals surface area contributed by atoms with Crippen molar-refractivity contribution in [3.63, 3.8) is 0 Å². The van der Waals surface area contributed by atoms with Crippen LogP contribution in [0.2, 0.25) is 0 Å². The number of methoxy groups -OCH3 is 1. The largest absolute Gasteiger partial charge is 0.497 e. The lowest BCUT2D eigenvalue weighted by Crippen LogP contribution is -2.30. The maximum Gasteiger partial charge on any atom is 0.301 e. The van der Waals surface area contributed by atoms with E-state index in [-0.39, 0.29) is 0 Å². The highest BCUT2D eigenvalue weighted by molar-refractivity contribution is 6.52. The van der Waals surface area contributed by atoms with Gasteiger partial charge in [-0.15, -0.1) is 0 Å². The minimum Gasteiger partial charge on any atom is -0.497 e. The van der Waals surface area contributed by atoms with E-state index in [0.29, 0.717) is 17.0 Å². The van der Waals surface area contributed by atoms with Gasteiger partial charge < -0.3 is 9.84 Å². The van der Waals surface area contributed by atoms with Crippen molar-refractivity contribution in [2.45, 2.75) is 0 Å². The van der Waals surface area contributed by atoms with Gasteiger partial charge >= 0.3 is 5.91 Å². The van der Waals surface area contributed by atoms with Gasteiger partial charge in [0.1, 0.15) is 12.5 Å². The number of aliphatic hydroxyl groups is 1. The van der Waals surface area contributed by atoms with Crippen molar-refractivity contribution in [2.24, 2.45) is 0 Å². The highest BCUT2D eigenvalue weighted by Gasteiger charge is 2.35. The maximum absolute atomic E-state index is 11.4. The van der Waals surface area contributed by atoms with Gasteiger partial charge in [-0.2, -0.15) is 0 Å². The number of rotatable bonds is 2. The van der Waals surface area contributed by atoms with Crippen molar-refractivity contribution in [1.82, 2.24) is 0 Å². The van der Waals surface area contributed by atoms with Crippen molar-refractivity contribution in [3.05, 3.63) is 23.8 Å². The number of ether oxygens (including phenoxy) is 1. The van der Waals surface area contributed by atoms with Crippen LogP contribution in [-0.4, -0.2) is 30.6 Å². The number of fused-ring (bicyclic) bond motifs is 1. The quantitative estimate of drug-likeness (QED) is 0.702. The van der Waals surface area contributed by atoms with Crippen LogP contribution >= 0.6 is 0 Å². The number of nitrogens with zero attached hydrogens (tertiary/aromatic N) is 1. The smallest absolute Gasteiger partial charge is 0.301 e. The SMILES string of the molecule is COc1ccc2c(c1)N(CO)C(=O)C2=O. The monoisotopic (exact) mass is 207 g/mol. The molecule has 5 nitrogen and oxygen atoms in total. The summed E-state index contributed by atoms with van der Waals surface area (Å²) in [6.45, 7) is -0.509. The lowest BCUT2D eigenvalue weighted by Gasteiger charge is -2.12. The van der Waals surface area contributed by atoms with E-state index in [9.17, 15) is 9.59 Å². The second-order valence-corrected chi connectivity index (χ2v) is 3.09. The Kier molecular flexibility index (Phi) is 2.17. The predicted octanol–water partition coefficient (Wildman–Crippen LogP) is 0.174. The fraction of sp³-hybridized carbons (Fsp3) is 0.200. The molecule has 0 fully saturated rings. The highest BCUT2D eigenvalue weighted by Crippen LogP contribution is 2.31. The predicted molar refractivity (Wildman–Crippen MR) is 51.9 cm³/mol. The van der Waals surface area contributed by atoms with E-state index in [1.165, 1.54) is 13.2 Å². The highest BCUT2D eigenvalue weighted by atomic mass is 16.5. The molecule has 0 spiro atoms. The molecule has 1 amide bonds. The molecule has 0 radical (unpaired) electrons. The van der Waals surface area contributed by atoms with Crippen molar-refractivity contribution in [2.75, 3.05) is 18.7 Å². The van der Waals surface area contributed by atoms with Gasteiger partial charge in [-0.05, 0) is 12.1 Å². The number of carbonyl (C=O) groups is 2. The summed E-state index contributed by atoms with van der Waals surface area (Å²) in [5, 5.41) is 8.98. The topological polar surface area (TPSA) is 66.8 Å². The molecular formula is C10H9NO4. The summed E-state index contributed by atoms with van der Waals surface area (Å²) in [5.74, 6) is -0.767. The number of benzene rings is 1. The molecule has 0 aliphatic carbocycles. The molecule has 1 aliphatic heterocycles. The molecule has 1 aliphatic rings. The first-order chi connectivity index (χ1) is 7.19. The number of Topliss-reactive ketones (excluding diaryl/α,β-unsaturated/α-hetero) is 1. The van der Waals surface area contributed by atoms with E-state index in [2.05, 4.69) is 0 Å². The van der Waals surface area contributed by atoms with Crippen molar-refractivity contribution < 1.29 is 19.4 Å². The Morgan fingerprint density at radius 2 is 2.13 bits per heavy atom. The van der Waals surface area contributed by atoms with Crippen LogP contribution in [0.1, 0.15) is 10.4 Å².